The molecule has 0 bridgehead atoms. The second kappa shape index (κ2) is 4.97. The van der Waals surface area contributed by atoms with Crippen molar-refractivity contribution in [3.8, 4) is 5.88 Å². The van der Waals surface area contributed by atoms with Crippen LogP contribution >= 0.6 is 15.9 Å². The highest BCUT2D eigenvalue weighted by atomic mass is 79.9. The van der Waals surface area contributed by atoms with Gasteiger partial charge in [-0.1, -0.05) is 12.2 Å². The van der Waals surface area contributed by atoms with Gasteiger partial charge in [0.25, 0.3) is 0 Å². The third-order valence-corrected chi connectivity index (χ3v) is 1.75. The quantitative estimate of drug-likeness (QED) is 0.604. The number of ether oxygens (including phenoxy) is 1. The van der Waals surface area contributed by atoms with Crippen molar-refractivity contribution < 1.29 is 4.74 Å². The minimum Gasteiger partial charge on any atom is -0.473 e. The first kappa shape index (κ1) is 10.2. The molecule has 1 heterocycles. The Bertz CT molecular complexity index is 292. The molecule has 13 heavy (non-hydrogen) atoms. The summed E-state index contributed by atoms with van der Waals surface area (Å²) in [6.45, 7) is 4.32. The molecule has 0 aliphatic carbocycles. The van der Waals surface area contributed by atoms with Gasteiger partial charge in [-0.2, -0.15) is 4.98 Å². The number of hydrogen-bond donors (Lipinski definition) is 0. The lowest BCUT2D eigenvalue weighted by Gasteiger charge is -2.02. The number of halogens is 1. The van der Waals surface area contributed by atoms with Crippen molar-refractivity contribution in [2.24, 2.45) is 0 Å². The fraction of sp³-hybridized carbons (Fsp3) is 0.333. The predicted octanol–water partition coefficient (Wildman–Crippen LogP) is 2.50. The Morgan fingerprint density at radius 1 is 1.54 bits per heavy atom. The van der Waals surface area contributed by atoms with E-state index in [4.69, 9.17) is 4.74 Å². The predicted molar refractivity (Wildman–Crippen MR) is 54.8 cm³/mol. The van der Waals surface area contributed by atoms with Crippen LogP contribution in [0.2, 0.25) is 0 Å². The molecule has 0 saturated carbocycles. The van der Waals surface area contributed by atoms with Crippen LogP contribution in [0.3, 0.4) is 0 Å². The summed E-state index contributed by atoms with van der Waals surface area (Å²) in [6, 6.07) is 1.75. The lowest BCUT2D eigenvalue weighted by Crippen LogP contribution is -1.98. The van der Waals surface area contributed by atoms with E-state index in [0.717, 1.165) is 4.60 Å². The van der Waals surface area contributed by atoms with Gasteiger partial charge < -0.3 is 4.74 Å². The van der Waals surface area contributed by atoms with Gasteiger partial charge in [-0.3, -0.25) is 0 Å². The number of nitrogens with zero attached hydrogens (tertiary/aromatic N) is 2. The van der Waals surface area contributed by atoms with Gasteiger partial charge in [0.2, 0.25) is 5.88 Å². The molecule has 70 valence electrons. The zero-order valence-electron chi connectivity index (χ0n) is 7.62. The molecule has 0 unspecified atom stereocenters. The topological polar surface area (TPSA) is 35.0 Å². The lowest BCUT2D eigenvalue weighted by atomic mass is 10.5. The molecule has 0 aliphatic rings. The highest BCUT2D eigenvalue weighted by molar-refractivity contribution is 9.10. The number of aryl methyl sites for hydroxylation is 1. The highest BCUT2D eigenvalue weighted by Crippen LogP contribution is 2.13. The molecular formula is C9H11BrN2O. The van der Waals surface area contributed by atoms with Gasteiger partial charge in [-0.15, -0.1) is 0 Å². The van der Waals surface area contributed by atoms with E-state index in [1.54, 1.807) is 6.07 Å². The van der Waals surface area contributed by atoms with Gasteiger partial charge in [-0.05, 0) is 29.8 Å². The molecule has 1 rings (SSSR count). The maximum Gasteiger partial charge on any atom is 0.218 e. The van der Waals surface area contributed by atoms with Crippen LogP contribution in [0.1, 0.15) is 12.7 Å². The molecule has 0 atom stereocenters. The average Bonchev–Trinajstić information content (AvgIpc) is 2.03. The van der Waals surface area contributed by atoms with Crippen LogP contribution in [0.5, 0.6) is 5.88 Å². The van der Waals surface area contributed by atoms with E-state index in [2.05, 4.69) is 25.9 Å². The largest absolute Gasteiger partial charge is 0.473 e. The first-order valence-corrected chi connectivity index (χ1v) is 4.77. The molecule has 4 heteroatoms. The van der Waals surface area contributed by atoms with Crippen LogP contribution in [-0.4, -0.2) is 16.6 Å². The zero-order valence-corrected chi connectivity index (χ0v) is 9.21. The second-order valence-electron chi connectivity index (χ2n) is 2.46. The first-order valence-electron chi connectivity index (χ1n) is 3.97. The summed E-state index contributed by atoms with van der Waals surface area (Å²) in [5.74, 6) is 1.29. The molecule has 0 fully saturated rings. The molecule has 0 aromatic carbocycles. The Balaban J connectivity index is 2.66. The summed E-state index contributed by atoms with van der Waals surface area (Å²) in [6.07, 6.45) is 3.86. The molecular weight excluding hydrogens is 232 g/mol. The Labute approximate surface area is 86.0 Å². The second-order valence-corrected chi connectivity index (χ2v) is 3.27. The molecule has 3 nitrogen and oxygen atoms in total. The van der Waals surface area contributed by atoms with Gasteiger partial charge in [0.15, 0.2) is 0 Å². The molecule has 0 amide bonds. The van der Waals surface area contributed by atoms with E-state index in [1.165, 1.54) is 0 Å². The van der Waals surface area contributed by atoms with Gasteiger partial charge >= 0.3 is 0 Å². The molecule has 0 radical (unpaired) electrons. The number of hydrogen-bond acceptors (Lipinski definition) is 3. The SMILES string of the molecule is C/C=C/COc1cc(Br)nc(C)n1. The van der Waals surface area contributed by atoms with E-state index in [0.29, 0.717) is 18.3 Å². The smallest absolute Gasteiger partial charge is 0.218 e. The molecule has 0 aliphatic heterocycles. The van der Waals surface area contributed by atoms with Crippen LogP contribution in [0.15, 0.2) is 22.8 Å². The van der Waals surface area contributed by atoms with Crippen molar-refractivity contribution in [2.75, 3.05) is 6.61 Å². The van der Waals surface area contributed by atoms with Gasteiger partial charge in [-0.25, -0.2) is 4.98 Å². The maximum absolute atomic E-state index is 5.34. The summed E-state index contributed by atoms with van der Waals surface area (Å²) in [5.41, 5.74) is 0. The van der Waals surface area contributed by atoms with Gasteiger partial charge in [0.1, 0.15) is 17.0 Å². The molecule has 1 aromatic rings. The fourth-order valence-electron chi connectivity index (χ4n) is 0.809. The van der Waals surface area contributed by atoms with Crippen molar-refractivity contribution >= 4 is 15.9 Å². The molecule has 0 N–H and O–H groups in total. The highest BCUT2D eigenvalue weighted by Gasteiger charge is 1.98. The van der Waals surface area contributed by atoms with Crippen LogP contribution in [0.25, 0.3) is 0 Å². The van der Waals surface area contributed by atoms with E-state index < -0.39 is 0 Å². The van der Waals surface area contributed by atoms with Crippen molar-refractivity contribution in [3.63, 3.8) is 0 Å². The van der Waals surface area contributed by atoms with Crippen LogP contribution < -0.4 is 4.74 Å². The van der Waals surface area contributed by atoms with Crippen LogP contribution in [0, 0.1) is 6.92 Å². The summed E-state index contributed by atoms with van der Waals surface area (Å²) in [4.78, 5) is 8.18. The standard InChI is InChI=1S/C9H11BrN2O/c1-3-4-5-13-9-6-8(10)11-7(2)12-9/h3-4,6H,5H2,1-2H3/b4-3+. The minimum absolute atomic E-state index is 0.541. The van der Waals surface area contributed by atoms with E-state index >= 15 is 0 Å². The maximum atomic E-state index is 5.34. The Morgan fingerprint density at radius 3 is 2.92 bits per heavy atom. The van der Waals surface area contributed by atoms with Gasteiger partial charge in [0.05, 0.1) is 0 Å². The van der Waals surface area contributed by atoms with Crippen LogP contribution in [-0.2, 0) is 0 Å². The van der Waals surface area contributed by atoms with E-state index in [-0.39, 0.29) is 0 Å². The Hall–Kier alpha value is -0.900. The summed E-state index contributed by atoms with van der Waals surface area (Å²) < 4.78 is 6.09. The Kier molecular flexibility index (Phi) is 3.89. The molecule has 0 saturated heterocycles. The molecule has 0 spiro atoms. The van der Waals surface area contributed by atoms with Crippen molar-refractivity contribution in [1.29, 1.82) is 0 Å². The fourth-order valence-corrected chi connectivity index (χ4v) is 1.26. The number of allylic oxidation sites excluding steroid dienone is 1. The Morgan fingerprint density at radius 2 is 2.31 bits per heavy atom. The lowest BCUT2D eigenvalue weighted by molar-refractivity contribution is 0.346. The molecule has 1 aromatic heterocycles. The normalized spacial score (nSPS) is 10.7. The first-order chi connectivity index (χ1) is 6.22. The van der Waals surface area contributed by atoms with Crippen molar-refractivity contribution in [2.45, 2.75) is 13.8 Å². The number of rotatable bonds is 3. The third kappa shape index (κ3) is 3.55. The minimum atomic E-state index is 0.541. The summed E-state index contributed by atoms with van der Waals surface area (Å²) >= 11 is 3.27. The van der Waals surface area contributed by atoms with Crippen molar-refractivity contribution in [3.05, 3.63) is 28.6 Å². The van der Waals surface area contributed by atoms with Crippen molar-refractivity contribution in [1.82, 2.24) is 9.97 Å². The van der Waals surface area contributed by atoms with Crippen LogP contribution in [0.4, 0.5) is 0 Å². The number of aromatic nitrogens is 2. The summed E-state index contributed by atoms with van der Waals surface area (Å²) in [5, 5.41) is 0. The van der Waals surface area contributed by atoms with E-state index in [9.17, 15) is 0 Å². The van der Waals surface area contributed by atoms with E-state index in [1.807, 2.05) is 26.0 Å². The monoisotopic (exact) mass is 242 g/mol. The zero-order chi connectivity index (χ0) is 9.68. The third-order valence-electron chi connectivity index (χ3n) is 1.35. The summed E-state index contributed by atoms with van der Waals surface area (Å²) in [7, 11) is 0. The average molecular weight is 243 g/mol. The van der Waals surface area contributed by atoms with Gasteiger partial charge in [0, 0.05) is 6.07 Å².